The highest BCUT2D eigenvalue weighted by molar-refractivity contribution is 7.84. The van der Waals surface area contributed by atoms with E-state index in [1.807, 2.05) is 19.9 Å². The molecule has 0 aliphatic carbocycles. The smallest absolute Gasteiger partial charge is 0.128 e. The first-order chi connectivity index (χ1) is 8.06. The molecule has 1 aromatic carbocycles. The van der Waals surface area contributed by atoms with Gasteiger partial charge in [0.05, 0.1) is 17.4 Å². The average molecular weight is 253 g/mol. The van der Waals surface area contributed by atoms with Crippen molar-refractivity contribution in [1.82, 2.24) is 0 Å². The predicted octanol–water partition coefficient (Wildman–Crippen LogP) is 2.99. The topological polar surface area (TPSA) is 40.9 Å². The van der Waals surface area contributed by atoms with E-state index in [1.165, 1.54) is 6.07 Å². The van der Waals surface area contributed by atoms with Crippen molar-refractivity contribution in [1.29, 1.82) is 5.26 Å². The molecule has 0 aromatic heterocycles. The van der Waals surface area contributed by atoms with Gasteiger partial charge >= 0.3 is 0 Å². The third kappa shape index (κ3) is 4.27. The van der Waals surface area contributed by atoms with Gasteiger partial charge in [0.1, 0.15) is 5.82 Å². The second-order valence-electron chi connectivity index (χ2n) is 4.18. The Morgan fingerprint density at radius 2 is 2.24 bits per heavy atom. The molecule has 0 fully saturated rings. The molecule has 0 bridgehead atoms. The first kappa shape index (κ1) is 13.9. The first-order valence-corrected chi connectivity index (χ1v) is 7.09. The maximum absolute atomic E-state index is 13.5. The molecule has 0 N–H and O–H groups in total. The van der Waals surface area contributed by atoms with Crippen LogP contribution in [0.5, 0.6) is 0 Å². The molecule has 2 atom stereocenters. The van der Waals surface area contributed by atoms with Gasteiger partial charge in [-0.2, -0.15) is 5.26 Å². The molecule has 0 radical (unpaired) electrons. The molecule has 0 spiro atoms. The fraction of sp³-hybridized carbons (Fsp3) is 0.462. The molecular formula is C13H16FNOS. The Balaban J connectivity index is 2.69. The summed E-state index contributed by atoms with van der Waals surface area (Å²) in [5.41, 5.74) is 0.713. The second-order valence-corrected chi connectivity index (χ2v) is 5.68. The van der Waals surface area contributed by atoms with Crippen LogP contribution in [-0.4, -0.2) is 9.96 Å². The van der Waals surface area contributed by atoms with Crippen molar-refractivity contribution in [2.45, 2.75) is 26.0 Å². The Labute approximate surface area is 104 Å². The number of hydrogen-bond donors (Lipinski definition) is 0. The van der Waals surface area contributed by atoms with E-state index in [-0.39, 0.29) is 5.75 Å². The zero-order valence-corrected chi connectivity index (χ0v) is 10.9. The minimum atomic E-state index is -1.04. The molecule has 0 amide bonds. The van der Waals surface area contributed by atoms with Gasteiger partial charge in [0.15, 0.2) is 0 Å². The highest BCUT2D eigenvalue weighted by Crippen LogP contribution is 2.14. The lowest BCUT2D eigenvalue weighted by Crippen LogP contribution is -2.09. The first-order valence-electron chi connectivity index (χ1n) is 5.60. The second kappa shape index (κ2) is 6.51. The van der Waals surface area contributed by atoms with Crippen LogP contribution >= 0.6 is 0 Å². The molecule has 1 aromatic rings. The summed E-state index contributed by atoms with van der Waals surface area (Å²) in [6.07, 6.45) is 0.974. The fourth-order valence-electron chi connectivity index (χ4n) is 1.40. The molecule has 0 saturated carbocycles. The lowest BCUT2D eigenvalue weighted by atomic mass is 10.1. The Bertz CT molecular complexity index is 453. The normalized spacial score (nSPS) is 14.0. The highest BCUT2D eigenvalue weighted by atomic mass is 32.2. The van der Waals surface area contributed by atoms with E-state index in [0.29, 0.717) is 22.8 Å². The number of rotatable bonds is 5. The summed E-state index contributed by atoms with van der Waals surface area (Å²) in [6.45, 7) is 4.08. The van der Waals surface area contributed by atoms with Crippen molar-refractivity contribution in [2.24, 2.45) is 5.92 Å². The summed E-state index contributed by atoms with van der Waals surface area (Å²) in [6, 6.07) is 6.16. The van der Waals surface area contributed by atoms with Crippen LogP contribution in [0.25, 0.3) is 0 Å². The lowest BCUT2D eigenvalue weighted by Gasteiger charge is -2.08. The maximum Gasteiger partial charge on any atom is 0.128 e. The Morgan fingerprint density at radius 3 is 2.76 bits per heavy atom. The van der Waals surface area contributed by atoms with E-state index in [4.69, 9.17) is 5.26 Å². The molecule has 1 rings (SSSR count). The average Bonchev–Trinajstić information content (AvgIpc) is 2.31. The summed E-state index contributed by atoms with van der Waals surface area (Å²) < 4.78 is 25.3. The molecule has 4 heteroatoms. The van der Waals surface area contributed by atoms with Gasteiger partial charge in [-0.3, -0.25) is 4.21 Å². The van der Waals surface area contributed by atoms with Crippen LogP contribution in [0.15, 0.2) is 18.2 Å². The highest BCUT2D eigenvalue weighted by Gasteiger charge is 2.10. The van der Waals surface area contributed by atoms with Crippen LogP contribution in [0.3, 0.4) is 0 Å². The van der Waals surface area contributed by atoms with Gasteiger partial charge in [-0.05, 0) is 18.1 Å². The molecule has 0 aliphatic heterocycles. The van der Waals surface area contributed by atoms with Crippen molar-refractivity contribution in [3.63, 3.8) is 0 Å². The lowest BCUT2D eigenvalue weighted by molar-refractivity contribution is 0.606. The molecule has 0 saturated heterocycles. The zero-order valence-electron chi connectivity index (χ0n) is 10.1. The zero-order chi connectivity index (χ0) is 12.8. The third-order valence-corrected chi connectivity index (χ3v) is 4.24. The SMILES string of the molecule is CCC(C)CS(=O)Cc1ccc(C#N)cc1F. The van der Waals surface area contributed by atoms with Gasteiger partial charge in [-0.15, -0.1) is 0 Å². The van der Waals surface area contributed by atoms with Crippen LogP contribution in [0, 0.1) is 23.1 Å². The number of hydrogen-bond acceptors (Lipinski definition) is 2. The van der Waals surface area contributed by atoms with Crippen LogP contribution in [0.4, 0.5) is 4.39 Å². The molecule has 0 heterocycles. The number of nitrogens with zero attached hydrogens (tertiary/aromatic N) is 1. The number of halogens is 1. The van der Waals surface area contributed by atoms with E-state index < -0.39 is 16.6 Å². The molecule has 17 heavy (non-hydrogen) atoms. The van der Waals surface area contributed by atoms with Crippen molar-refractivity contribution < 1.29 is 8.60 Å². The fourth-order valence-corrected chi connectivity index (χ4v) is 2.97. The monoisotopic (exact) mass is 253 g/mol. The molecular weight excluding hydrogens is 237 g/mol. The largest absolute Gasteiger partial charge is 0.259 e. The predicted molar refractivity (Wildman–Crippen MR) is 67.3 cm³/mol. The van der Waals surface area contributed by atoms with Gasteiger partial charge in [0.2, 0.25) is 0 Å². The summed E-state index contributed by atoms with van der Waals surface area (Å²) >= 11 is 0. The van der Waals surface area contributed by atoms with E-state index in [1.54, 1.807) is 12.1 Å². The third-order valence-electron chi connectivity index (χ3n) is 2.67. The van der Waals surface area contributed by atoms with Crippen LogP contribution in [0.1, 0.15) is 31.4 Å². The molecule has 2 nitrogen and oxygen atoms in total. The van der Waals surface area contributed by atoms with E-state index >= 15 is 0 Å². The van der Waals surface area contributed by atoms with Crippen molar-refractivity contribution in [2.75, 3.05) is 5.75 Å². The van der Waals surface area contributed by atoms with Gasteiger partial charge in [0.25, 0.3) is 0 Å². The quantitative estimate of drug-likeness (QED) is 0.809. The van der Waals surface area contributed by atoms with Crippen LogP contribution in [-0.2, 0) is 16.6 Å². The molecule has 0 aliphatic rings. The minimum Gasteiger partial charge on any atom is -0.259 e. The Morgan fingerprint density at radius 1 is 1.53 bits per heavy atom. The van der Waals surface area contributed by atoms with Crippen molar-refractivity contribution in [3.8, 4) is 6.07 Å². The number of benzene rings is 1. The summed E-state index contributed by atoms with van der Waals surface area (Å²) in [7, 11) is -1.04. The maximum atomic E-state index is 13.5. The van der Waals surface area contributed by atoms with E-state index in [9.17, 15) is 8.60 Å². The van der Waals surface area contributed by atoms with Gasteiger partial charge < -0.3 is 0 Å². The van der Waals surface area contributed by atoms with Crippen LogP contribution in [0.2, 0.25) is 0 Å². The number of nitriles is 1. The van der Waals surface area contributed by atoms with Gasteiger partial charge in [-0.25, -0.2) is 4.39 Å². The Hall–Kier alpha value is -1.21. The van der Waals surface area contributed by atoms with Crippen LogP contribution < -0.4 is 0 Å². The minimum absolute atomic E-state index is 0.224. The summed E-state index contributed by atoms with van der Waals surface area (Å²) in [5.74, 6) is 0.761. The molecule has 92 valence electrons. The van der Waals surface area contributed by atoms with Gasteiger partial charge in [0, 0.05) is 22.1 Å². The summed E-state index contributed by atoms with van der Waals surface area (Å²) in [5, 5.41) is 8.61. The van der Waals surface area contributed by atoms with E-state index in [0.717, 1.165) is 6.42 Å². The van der Waals surface area contributed by atoms with E-state index in [2.05, 4.69) is 0 Å². The summed E-state index contributed by atoms with van der Waals surface area (Å²) in [4.78, 5) is 0. The van der Waals surface area contributed by atoms with Crippen molar-refractivity contribution >= 4 is 10.8 Å². The van der Waals surface area contributed by atoms with Crippen molar-refractivity contribution in [3.05, 3.63) is 35.1 Å². The standard InChI is InChI=1S/C13H16FNOS/c1-3-10(2)8-17(16)9-12-5-4-11(7-15)6-13(12)14/h4-6,10H,3,8-9H2,1-2H3. The molecule has 2 unspecified atom stereocenters. The Kier molecular flexibility index (Phi) is 5.30. The van der Waals surface area contributed by atoms with Gasteiger partial charge in [-0.1, -0.05) is 26.3 Å².